The van der Waals surface area contributed by atoms with E-state index in [4.69, 9.17) is 4.74 Å². The second-order valence-corrected chi connectivity index (χ2v) is 8.09. The van der Waals surface area contributed by atoms with E-state index in [0.29, 0.717) is 18.6 Å². The summed E-state index contributed by atoms with van der Waals surface area (Å²) in [5.74, 6) is 1.45. The van der Waals surface area contributed by atoms with Crippen LogP contribution in [-0.4, -0.2) is 44.6 Å². The first-order valence-electron chi connectivity index (χ1n) is 10.6. The van der Waals surface area contributed by atoms with Gasteiger partial charge >= 0.3 is 0 Å². The maximum atomic E-state index is 12.5. The maximum Gasteiger partial charge on any atom is 0.253 e. The summed E-state index contributed by atoms with van der Waals surface area (Å²) in [6.07, 6.45) is 1.13. The zero-order valence-electron chi connectivity index (χ0n) is 17.8. The van der Waals surface area contributed by atoms with Gasteiger partial charge in [-0.05, 0) is 68.3 Å². The Labute approximate surface area is 173 Å². The number of nitrogens with zero attached hydrogens (tertiary/aromatic N) is 2. The Morgan fingerprint density at radius 1 is 1.17 bits per heavy atom. The number of carbonyl (C=O) groups is 1. The van der Waals surface area contributed by atoms with Crippen LogP contribution in [-0.2, 0) is 0 Å². The second-order valence-electron chi connectivity index (χ2n) is 8.09. The van der Waals surface area contributed by atoms with Gasteiger partial charge in [-0.1, -0.05) is 12.1 Å². The van der Waals surface area contributed by atoms with Gasteiger partial charge in [0.1, 0.15) is 5.75 Å². The van der Waals surface area contributed by atoms with E-state index in [1.165, 1.54) is 16.8 Å². The minimum atomic E-state index is 0.0547. The molecule has 2 aromatic rings. The van der Waals surface area contributed by atoms with Crippen LogP contribution in [0.1, 0.15) is 53.8 Å². The summed E-state index contributed by atoms with van der Waals surface area (Å²) in [4.78, 5) is 16.7. The monoisotopic (exact) mass is 393 g/mol. The summed E-state index contributed by atoms with van der Waals surface area (Å²) in [7, 11) is 3.61. The first kappa shape index (κ1) is 19.8. The topological polar surface area (TPSA) is 44.8 Å². The maximum absolute atomic E-state index is 12.5. The van der Waals surface area contributed by atoms with Gasteiger partial charge in [-0.25, -0.2) is 0 Å². The molecule has 5 heteroatoms. The van der Waals surface area contributed by atoms with E-state index in [2.05, 4.69) is 53.5 Å². The number of nitrogens with one attached hydrogen (secondary N) is 1. The minimum Gasteiger partial charge on any atom is -0.494 e. The molecule has 1 amide bonds. The molecule has 1 saturated heterocycles. The lowest BCUT2D eigenvalue weighted by Gasteiger charge is -2.45. The van der Waals surface area contributed by atoms with Crippen molar-refractivity contribution in [3.63, 3.8) is 0 Å². The fourth-order valence-corrected chi connectivity index (χ4v) is 4.96. The molecule has 1 N–H and O–H groups in total. The molecular weight excluding hydrogens is 362 g/mol. The molecule has 2 heterocycles. The lowest BCUT2D eigenvalue weighted by atomic mass is 9.78. The molecule has 154 valence electrons. The highest BCUT2D eigenvalue weighted by Crippen LogP contribution is 2.51. The normalized spacial score (nSPS) is 22.8. The van der Waals surface area contributed by atoms with Crippen molar-refractivity contribution in [2.45, 2.75) is 32.4 Å². The lowest BCUT2D eigenvalue weighted by Crippen LogP contribution is -2.41. The Morgan fingerprint density at radius 3 is 2.59 bits per heavy atom. The van der Waals surface area contributed by atoms with Crippen LogP contribution in [0.5, 0.6) is 5.75 Å². The Balaban J connectivity index is 1.76. The van der Waals surface area contributed by atoms with Gasteiger partial charge in [0.05, 0.1) is 12.6 Å². The molecule has 3 atom stereocenters. The number of hydrogen-bond acceptors (Lipinski definition) is 4. The van der Waals surface area contributed by atoms with Gasteiger partial charge < -0.3 is 19.9 Å². The van der Waals surface area contributed by atoms with Crippen LogP contribution in [0.4, 0.5) is 5.69 Å². The third-order valence-electron chi connectivity index (χ3n) is 6.21. The zero-order valence-corrected chi connectivity index (χ0v) is 17.8. The average Bonchev–Trinajstić information content (AvgIpc) is 3.22. The molecule has 0 saturated carbocycles. The summed E-state index contributed by atoms with van der Waals surface area (Å²) in [5, 5.41) is 3.71. The average molecular weight is 394 g/mol. The number of benzene rings is 2. The van der Waals surface area contributed by atoms with Crippen molar-refractivity contribution in [2.24, 2.45) is 5.92 Å². The number of carbonyl (C=O) groups excluding carboxylic acids is 1. The van der Waals surface area contributed by atoms with Gasteiger partial charge in [-0.15, -0.1) is 0 Å². The van der Waals surface area contributed by atoms with Gasteiger partial charge in [0.2, 0.25) is 0 Å². The molecule has 0 bridgehead atoms. The first-order chi connectivity index (χ1) is 14.0. The predicted octanol–water partition coefficient (Wildman–Crippen LogP) is 4.02. The summed E-state index contributed by atoms with van der Waals surface area (Å²) in [6, 6.07) is 15.4. The van der Waals surface area contributed by atoms with Crippen molar-refractivity contribution >= 4 is 11.6 Å². The van der Waals surface area contributed by atoms with E-state index in [1.54, 1.807) is 19.0 Å². The third-order valence-corrected chi connectivity index (χ3v) is 6.21. The van der Waals surface area contributed by atoms with Crippen LogP contribution < -0.4 is 15.0 Å². The third kappa shape index (κ3) is 3.48. The van der Waals surface area contributed by atoms with Crippen LogP contribution in [0.25, 0.3) is 0 Å². The van der Waals surface area contributed by atoms with Crippen LogP contribution in [0.3, 0.4) is 0 Å². The van der Waals surface area contributed by atoms with Gasteiger partial charge in [-0.2, -0.15) is 0 Å². The highest BCUT2D eigenvalue weighted by Gasteiger charge is 2.43. The Kier molecular flexibility index (Phi) is 5.50. The Morgan fingerprint density at radius 2 is 1.93 bits per heavy atom. The Bertz CT molecular complexity index is 878. The molecule has 0 aromatic heterocycles. The van der Waals surface area contributed by atoms with Crippen molar-refractivity contribution in [3.05, 3.63) is 59.2 Å². The van der Waals surface area contributed by atoms with E-state index >= 15 is 0 Å². The van der Waals surface area contributed by atoms with E-state index in [0.717, 1.165) is 30.8 Å². The van der Waals surface area contributed by atoms with Gasteiger partial charge in [-0.3, -0.25) is 4.79 Å². The summed E-state index contributed by atoms with van der Waals surface area (Å²) < 4.78 is 5.64. The van der Waals surface area contributed by atoms with Gasteiger partial charge in [0, 0.05) is 43.9 Å². The summed E-state index contributed by atoms with van der Waals surface area (Å²) >= 11 is 0. The van der Waals surface area contributed by atoms with Crippen LogP contribution >= 0.6 is 0 Å². The van der Waals surface area contributed by atoms with Crippen LogP contribution in [0.15, 0.2) is 42.5 Å². The quantitative estimate of drug-likeness (QED) is 0.833. The minimum absolute atomic E-state index is 0.0547. The molecule has 2 aliphatic rings. The van der Waals surface area contributed by atoms with Crippen LogP contribution in [0.2, 0.25) is 0 Å². The second kappa shape index (κ2) is 8.07. The molecule has 0 spiro atoms. The van der Waals surface area contributed by atoms with Crippen LogP contribution in [0, 0.1) is 5.92 Å². The molecule has 2 aromatic carbocycles. The number of ether oxygens (including phenoxy) is 1. The smallest absolute Gasteiger partial charge is 0.253 e. The molecule has 5 nitrogen and oxygen atoms in total. The molecule has 0 radical (unpaired) electrons. The van der Waals surface area contributed by atoms with Crippen molar-refractivity contribution < 1.29 is 9.53 Å². The largest absolute Gasteiger partial charge is 0.494 e. The van der Waals surface area contributed by atoms with Gasteiger partial charge in [0.25, 0.3) is 5.91 Å². The van der Waals surface area contributed by atoms with E-state index in [9.17, 15) is 4.79 Å². The highest BCUT2D eigenvalue weighted by atomic mass is 16.5. The van der Waals surface area contributed by atoms with Crippen molar-refractivity contribution in [1.29, 1.82) is 0 Å². The molecule has 4 rings (SSSR count). The zero-order chi connectivity index (χ0) is 20.5. The molecule has 1 fully saturated rings. The fourth-order valence-electron chi connectivity index (χ4n) is 4.96. The summed E-state index contributed by atoms with van der Waals surface area (Å²) in [5.41, 5.74) is 4.58. The number of anilines is 1. The van der Waals surface area contributed by atoms with Crippen molar-refractivity contribution in [3.8, 4) is 5.75 Å². The Hall–Kier alpha value is -2.53. The predicted molar refractivity (Wildman–Crippen MR) is 117 cm³/mol. The standard InChI is InChI=1S/C24H31N3O2/c1-5-27-21-12-9-17(24(28)26(3)4)15-20(21)22-19(13-14-25-22)23(27)16-7-10-18(11-8-16)29-6-2/h7-12,15,19,22-23,25H,5-6,13-14H2,1-4H3. The molecular formula is C24H31N3O2. The van der Waals surface area contributed by atoms with E-state index in [-0.39, 0.29) is 11.9 Å². The highest BCUT2D eigenvalue weighted by molar-refractivity contribution is 5.94. The number of amides is 1. The molecule has 29 heavy (non-hydrogen) atoms. The number of hydrogen-bond donors (Lipinski definition) is 1. The number of fused-ring (bicyclic) bond motifs is 3. The lowest BCUT2D eigenvalue weighted by molar-refractivity contribution is 0.0827. The summed E-state index contributed by atoms with van der Waals surface area (Å²) in [6.45, 7) is 6.84. The molecule has 3 unspecified atom stereocenters. The van der Waals surface area contributed by atoms with Crippen molar-refractivity contribution in [2.75, 3.05) is 38.7 Å². The van der Waals surface area contributed by atoms with E-state index in [1.807, 2.05) is 13.0 Å². The van der Waals surface area contributed by atoms with Crippen molar-refractivity contribution in [1.82, 2.24) is 10.2 Å². The first-order valence-corrected chi connectivity index (χ1v) is 10.6. The van der Waals surface area contributed by atoms with E-state index < -0.39 is 0 Å². The molecule has 0 aliphatic carbocycles. The fraction of sp³-hybridized carbons (Fsp3) is 0.458. The molecule has 2 aliphatic heterocycles. The SMILES string of the molecule is CCOc1ccc(C2C3CCNC3c3cc(C(=O)N(C)C)ccc3N2CC)cc1. The number of rotatable bonds is 5. The van der Waals surface area contributed by atoms with Gasteiger partial charge in [0.15, 0.2) is 0 Å².